The van der Waals surface area contributed by atoms with Gasteiger partial charge in [-0.1, -0.05) is 24.3 Å². The number of methoxy groups -OCH3 is 1. The quantitative estimate of drug-likeness (QED) is 0.529. The van der Waals surface area contributed by atoms with E-state index in [0.29, 0.717) is 11.4 Å². The molecule has 0 spiro atoms. The highest BCUT2D eigenvalue weighted by Crippen LogP contribution is 2.32. The van der Waals surface area contributed by atoms with Crippen LogP contribution in [0.5, 0.6) is 5.75 Å². The highest BCUT2D eigenvalue weighted by Gasteiger charge is 2.36. The Bertz CT molecular complexity index is 947. The number of hydrogen-bond donors (Lipinski definition) is 3. The van der Waals surface area contributed by atoms with Crippen LogP contribution in [0.2, 0.25) is 0 Å². The Kier molecular flexibility index (Phi) is 6.33. The van der Waals surface area contributed by atoms with Gasteiger partial charge in [0, 0.05) is 18.7 Å². The Morgan fingerprint density at radius 3 is 2.66 bits per heavy atom. The van der Waals surface area contributed by atoms with Gasteiger partial charge in [0.25, 0.3) is 0 Å². The van der Waals surface area contributed by atoms with Gasteiger partial charge >= 0.3 is 0 Å². The Hall–Kier alpha value is -3.13. The molecule has 0 saturated carbocycles. The molecule has 2 amide bonds. The summed E-state index contributed by atoms with van der Waals surface area (Å²) in [6, 6.07) is 13.1. The van der Waals surface area contributed by atoms with E-state index in [1.165, 1.54) is 0 Å². The van der Waals surface area contributed by atoms with Gasteiger partial charge in [-0.25, -0.2) is 0 Å². The third-order valence-electron chi connectivity index (χ3n) is 5.02. The van der Waals surface area contributed by atoms with Crippen molar-refractivity contribution in [3.05, 3.63) is 53.6 Å². The molecule has 1 aliphatic heterocycles. The Balaban J connectivity index is 1.57. The molecule has 3 rings (SSSR count). The van der Waals surface area contributed by atoms with Crippen LogP contribution in [0, 0.1) is 19.8 Å². The van der Waals surface area contributed by atoms with Crippen molar-refractivity contribution in [3.8, 4) is 5.75 Å². The molecule has 1 saturated heterocycles. The number of nitrogens with zero attached hydrogens (tertiary/aromatic N) is 1. The molecule has 1 atom stereocenters. The van der Waals surface area contributed by atoms with Crippen LogP contribution in [0.1, 0.15) is 17.5 Å². The standard InChI is InChI=1S/C21H24N4O3S/c1-13-7-6-8-16(14(13)2)22-21(29)24-23-20(27)15-11-19(26)25(12-15)17-9-4-5-10-18(17)28-3/h4-10,15H,11-12H2,1-3H3,(H,23,27)(H2,22,24,29). The van der Waals surface area contributed by atoms with Crippen molar-refractivity contribution in [2.75, 3.05) is 23.9 Å². The molecule has 0 aromatic heterocycles. The lowest BCUT2D eigenvalue weighted by Gasteiger charge is -2.19. The van der Waals surface area contributed by atoms with Crippen molar-refractivity contribution >= 4 is 40.5 Å². The van der Waals surface area contributed by atoms with Crippen LogP contribution in [-0.4, -0.2) is 30.6 Å². The number of rotatable bonds is 4. The van der Waals surface area contributed by atoms with Gasteiger partial charge < -0.3 is 15.0 Å². The number of amides is 2. The number of carbonyl (C=O) groups excluding carboxylic acids is 2. The van der Waals surface area contributed by atoms with E-state index in [4.69, 9.17) is 17.0 Å². The molecule has 3 N–H and O–H groups in total. The fraction of sp³-hybridized carbons (Fsp3) is 0.286. The summed E-state index contributed by atoms with van der Waals surface area (Å²) in [4.78, 5) is 26.5. The van der Waals surface area contributed by atoms with Crippen molar-refractivity contribution in [1.82, 2.24) is 10.9 Å². The second kappa shape index (κ2) is 8.91. The number of carbonyl (C=O) groups is 2. The van der Waals surface area contributed by atoms with E-state index in [1.54, 1.807) is 24.1 Å². The maximum Gasteiger partial charge on any atom is 0.243 e. The first-order chi connectivity index (χ1) is 13.9. The summed E-state index contributed by atoms with van der Waals surface area (Å²) in [5.41, 5.74) is 9.06. The second-order valence-electron chi connectivity index (χ2n) is 6.89. The molecule has 152 valence electrons. The number of benzene rings is 2. The fourth-order valence-corrected chi connectivity index (χ4v) is 3.39. The zero-order chi connectivity index (χ0) is 21.0. The number of ether oxygens (including phenoxy) is 1. The van der Waals surface area contributed by atoms with Crippen LogP contribution < -0.4 is 25.8 Å². The second-order valence-corrected chi connectivity index (χ2v) is 7.30. The zero-order valence-corrected chi connectivity index (χ0v) is 17.4. The lowest BCUT2D eigenvalue weighted by atomic mass is 10.1. The molecule has 8 heteroatoms. The molecule has 1 fully saturated rings. The minimum Gasteiger partial charge on any atom is -0.495 e. The molecule has 0 bridgehead atoms. The molecule has 2 aromatic rings. The van der Waals surface area contributed by atoms with Crippen LogP contribution >= 0.6 is 12.2 Å². The van der Waals surface area contributed by atoms with E-state index in [9.17, 15) is 9.59 Å². The predicted molar refractivity (Wildman–Crippen MR) is 117 cm³/mol. The van der Waals surface area contributed by atoms with E-state index in [0.717, 1.165) is 16.8 Å². The molecular formula is C21H24N4O3S. The van der Waals surface area contributed by atoms with Crippen molar-refractivity contribution < 1.29 is 14.3 Å². The number of anilines is 2. The summed E-state index contributed by atoms with van der Waals surface area (Å²) in [7, 11) is 1.55. The van der Waals surface area contributed by atoms with Gasteiger partial charge in [0.1, 0.15) is 5.75 Å². The summed E-state index contributed by atoms with van der Waals surface area (Å²) >= 11 is 5.26. The number of hydrazine groups is 1. The highest BCUT2D eigenvalue weighted by molar-refractivity contribution is 7.80. The van der Waals surface area contributed by atoms with Crippen molar-refractivity contribution in [2.45, 2.75) is 20.3 Å². The van der Waals surface area contributed by atoms with Gasteiger partial charge in [-0.15, -0.1) is 0 Å². The Morgan fingerprint density at radius 1 is 1.14 bits per heavy atom. The normalized spacial score (nSPS) is 15.8. The number of para-hydroxylation sites is 2. The van der Waals surface area contributed by atoms with Gasteiger partial charge in [-0.05, 0) is 55.4 Å². The number of thiocarbonyl (C=S) groups is 1. The number of aryl methyl sites for hydroxylation is 1. The molecule has 29 heavy (non-hydrogen) atoms. The average molecular weight is 413 g/mol. The predicted octanol–water partition coefficient (Wildman–Crippen LogP) is 2.68. The summed E-state index contributed by atoms with van der Waals surface area (Å²) < 4.78 is 5.32. The molecule has 7 nitrogen and oxygen atoms in total. The monoisotopic (exact) mass is 412 g/mol. The average Bonchev–Trinajstić information content (AvgIpc) is 3.11. The molecule has 1 heterocycles. The lowest BCUT2D eigenvalue weighted by molar-refractivity contribution is -0.126. The van der Waals surface area contributed by atoms with E-state index in [2.05, 4.69) is 16.2 Å². The molecular weight excluding hydrogens is 388 g/mol. The first kappa shape index (κ1) is 20.6. The Labute approximate surface area is 175 Å². The summed E-state index contributed by atoms with van der Waals surface area (Å²) in [5.74, 6) is -0.297. The van der Waals surface area contributed by atoms with Crippen LogP contribution in [0.3, 0.4) is 0 Å². The zero-order valence-electron chi connectivity index (χ0n) is 16.6. The number of hydrogen-bond acceptors (Lipinski definition) is 4. The highest BCUT2D eigenvalue weighted by atomic mass is 32.1. The minimum absolute atomic E-state index is 0.120. The summed E-state index contributed by atoms with van der Waals surface area (Å²) in [5, 5.41) is 3.34. The van der Waals surface area contributed by atoms with Gasteiger partial charge in [-0.2, -0.15) is 0 Å². The van der Waals surface area contributed by atoms with Crippen molar-refractivity contribution in [2.24, 2.45) is 5.92 Å². The van der Waals surface area contributed by atoms with Gasteiger partial charge in [0.05, 0.1) is 18.7 Å². The third kappa shape index (κ3) is 4.65. The molecule has 2 aromatic carbocycles. The lowest BCUT2D eigenvalue weighted by Crippen LogP contribution is -2.46. The molecule has 1 unspecified atom stereocenters. The molecule has 1 aliphatic rings. The van der Waals surface area contributed by atoms with E-state index < -0.39 is 5.92 Å². The maximum absolute atomic E-state index is 12.5. The van der Waals surface area contributed by atoms with Crippen LogP contribution in [0.4, 0.5) is 11.4 Å². The maximum atomic E-state index is 12.5. The smallest absolute Gasteiger partial charge is 0.243 e. The van der Waals surface area contributed by atoms with Crippen molar-refractivity contribution in [1.29, 1.82) is 0 Å². The summed E-state index contributed by atoms with van der Waals surface area (Å²) in [6.45, 7) is 4.29. The van der Waals surface area contributed by atoms with Crippen LogP contribution in [0.15, 0.2) is 42.5 Å². The largest absolute Gasteiger partial charge is 0.495 e. The van der Waals surface area contributed by atoms with Gasteiger partial charge in [-0.3, -0.25) is 20.4 Å². The minimum atomic E-state index is -0.483. The SMILES string of the molecule is COc1ccccc1N1CC(C(=O)NNC(=S)Nc2cccc(C)c2C)CC1=O. The first-order valence-corrected chi connectivity index (χ1v) is 9.68. The number of nitrogens with one attached hydrogen (secondary N) is 3. The fourth-order valence-electron chi connectivity index (χ4n) is 3.23. The van der Waals surface area contributed by atoms with Gasteiger partial charge in [0.15, 0.2) is 5.11 Å². The van der Waals surface area contributed by atoms with E-state index in [-0.39, 0.29) is 29.9 Å². The Morgan fingerprint density at radius 2 is 1.90 bits per heavy atom. The summed E-state index contributed by atoms with van der Waals surface area (Å²) in [6.07, 6.45) is 0.128. The van der Waals surface area contributed by atoms with Crippen molar-refractivity contribution in [3.63, 3.8) is 0 Å². The van der Waals surface area contributed by atoms with E-state index in [1.807, 2.05) is 44.2 Å². The van der Waals surface area contributed by atoms with Crippen LogP contribution in [0.25, 0.3) is 0 Å². The van der Waals surface area contributed by atoms with Crippen LogP contribution in [-0.2, 0) is 9.59 Å². The molecule has 0 radical (unpaired) electrons. The first-order valence-electron chi connectivity index (χ1n) is 9.27. The van der Waals surface area contributed by atoms with Gasteiger partial charge in [0.2, 0.25) is 11.8 Å². The third-order valence-corrected chi connectivity index (χ3v) is 5.23. The molecule has 0 aliphatic carbocycles. The topological polar surface area (TPSA) is 82.7 Å². The van der Waals surface area contributed by atoms with E-state index >= 15 is 0 Å².